The van der Waals surface area contributed by atoms with Crippen LogP contribution in [0, 0.1) is 5.92 Å². The molecule has 0 aromatic carbocycles. The average molecular weight is 157 g/mol. The molecule has 0 radical (unpaired) electrons. The number of hydrogen-bond donors (Lipinski definition) is 1. The number of thioether (sulfide) groups is 1. The molecule has 0 bridgehead atoms. The molecule has 0 aromatic heterocycles. The molecule has 2 aliphatic rings. The fourth-order valence-electron chi connectivity index (χ4n) is 1.47. The standard InChI is InChI=1S/C8H15NS/c1-6-4-5-9-8(10-6)7-2-3-7/h6-9H,2-5H2,1H3. The monoisotopic (exact) mass is 157 g/mol. The van der Waals surface area contributed by atoms with E-state index in [-0.39, 0.29) is 0 Å². The highest BCUT2D eigenvalue weighted by Crippen LogP contribution is 2.40. The predicted octanol–water partition coefficient (Wildman–Crippen LogP) is 1.84. The van der Waals surface area contributed by atoms with Crippen LogP contribution in [0.3, 0.4) is 0 Å². The lowest BCUT2D eigenvalue weighted by Gasteiger charge is -2.27. The van der Waals surface area contributed by atoms with Crippen LogP contribution in [0.2, 0.25) is 0 Å². The SMILES string of the molecule is CC1CCNC(C2CC2)S1. The maximum absolute atomic E-state index is 3.57. The number of hydrogen-bond acceptors (Lipinski definition) is 2. The molecule has 1 heterocycles. The first kappa shape index (κ1) is 6.99. The van der Waals surface area contributed by atoms with Gasteiger partial charge in [0.25, 0.3) is 0 Å². The van der Waals surface area contributed by atoms with Gasteiger partial charge in [0.15, 0.2) is 0 Å². The van der Waals surface area contributed by atoms with Crippen LogP contribution in [0.15, 0.2) is 0 Å². The first-order chi connectivity index (χ1) is 4.86. The molecule has 0 aromatic rings. The Hall–Kier alpha value is 0.310. The highest BCUT2D eigenvalue weighted by molar-refractivity contribution is 8.00. The molecule has 10 heavy (non-hydrogen) atoms. The van der Waals surface area contributed by atoms with Crippen molar-refractivity contribution < 1.29 is 0 Å². The van der Waals surface area contributed by atoms with Gasteiger partial charge in [0.05, 0.1) is 5.37 Å². The maximum Gasteiger partial charge on any atom is 0.0563 e. The van der Waals surface area contributed by atoms with Crippen molar-refractivity contribution in [3.05, 3.63) is 0 Å². The Morgan fingerprint density at radius 1 is 1.30 bits per heavy atom. The third-order valence-corrected chi connectivity index (χ3v) is 3.87. The van der Waals surface area contributed by atoms with Crippen molar-refractivity contribution in [2.24, 2.45) is 5.92 Å². The lowest BCUT2D eigenvalue weighted by Crippen LogP contribution is -2.36. The van der Waals surface area contributed by atoms with Crippen LogP contribution in [0.5, 0.6) is 0 Å². The minimum Gasteiger partial charge on any atom is -0.305 e. The van der Waals surface area contributed by atoms with Gasteiger partial charge in [-0.25, -0.2) is 0 Å². The smallest absolute Gasteiger partial charge is 0.0563 e. The molecule has 0 amide bonds. The molecule has 58 valence electrons. The molecule has 1 nitrogen and oxygen atoms in total. The molecule has 1 saturated carbocycles. The van der Waals surface area contributed by atoms with Crippen LogP contribution in [0.1, 0.15) is 26.2 Å². The van der Waals surface area contributed by atoms with Crippen LogP contribution in [0.25, 0.3) is 0 Å². The topological polar surface area (TPSA) is 12.0 Å². The van der Waals surface area contributed by atoms with Crippen molar-refractivity contribution in [1.29, 1.82) is 0 Å². The van der Waals surface area contributed by atoms with E-state index in [0.29, 0.717) is 0 Å². The summed E-state index contributed by atoms with van der Waals surface area (Å²) in [5.41, 5.74) is 0. The number of nitrogens with one attached hydrogen (secondary N) is 1. The average Bonchev–Trinajstić information content (AvgIpc) is 2.68. The fourth-order valence-corrected chi connectivity index (χ4v) is 2.93. The number of rotatable bonds is 1. The van der Waals surface area contributed by atoms with Gasteiger partial charge in [-0.3, -0.25) is 0 Å². The predicted molar refractivity (Wildman–Crippen MR) is 46.2 cm³/mol. The first-order valence-electron chi connectivity index (χ1n) is 4.25. The maximum atomic E-state index is 3.57. The summed E-state index contributed by atoms with van der Waals surface area (Å²) in [5, 5.41) is 5.28. The van der Waals surface area contributed by atoms with Gasteiger partial charge in [-0.05, 0) is 31.7 Å². The molecule has 1 saturated heterocycles. The Bertz CT molecular complexity index is 122. The summed E-state index contributed by atoms with van der Waals surface area (Å²) >= 11 is 2.15. The van der Waals surface area contributed by atoms with Crippen molar-refractivity contribution in [1.82, 2.24) is 5.32 Å². The van der Waals surface area contributed by atoms with Crippen molar-refractivity contribution in [3.63, 3.8) is 0 Å². The second-order valence-electron chi connectivity index (χ2n) is 3.45. The van der Waals surface area contributed by atoms with Crippen LogP contribution in [0.4, 0.5) is 0 Å². The van der Waals surface area contributed by atoms with Crippen LogP contribution in [-0.4, -0.2) is 17.2 Å². The van der Waals surface area contributed by atoms with E-state index >= 15 is 0 Å². The summed E-state index contributed by atoms with van der Waals surface area (Å²) in [6.07, 6.45) is 4.29. The minimum absolute atomic E-state index is 0.809. The molecule has 0 spiro atoms. The van der Waals surface area contributed by atoms with Gasteiger partial charge >= 0.3 is 0 Å². The molecule has 2 heteroatoms. The van der Waals surface area contributed by atoms with Gasteiger partial charge < -0.3 is 5.32 Å². The van der Waals surface area contributed by atoms with Crippen molar-refractivity contribution in [2.45, 2.75) is 36.8 Å². The van der Waals surface area contributed by atoms with E-state index in [0.717, 1.165) is 16.5 Å². The highest BCUT2D eigenvalue weighted by atomic mass is 32.2. The van der Waals surface area contributed by atoms with Crippen LogP contribution < -0.4 is 5.32 Å². The Kier molecular flexibility index (Phi) is 1.92. The van der Waals surface area contributed by atoms with Gasteiger partial charge in [-0.1, -0.05) is 6.92 Å². The molecule has 1 N–H and O–H groups in total. The minimum atomic E-state index is 0.809. The summed E-state index contributed by atoms with van der Waals surface area (Å²) in [6, 6.07) is 0. The van der Waals surface area contributed by atoms with E-state index in [2.05, 4.69) is 24.0 Å². The largest absolute Gasteiger partial charge is 0.305 e. The van der Waals surface area contributed by atoms with E-state index in [1.165, 1.54) is 25.8 Å². The Labute approximate surface area is 67.0 Å². The molecule has 2 rings (SSSR count). The normalized spacial score (nSPS) is 41.7. The summed E-state index contributed by atoms with van der Waals surface area (Å²) in [7, 11) is 0. The van der Waals surface area contributed by atoms with Crippen LogP contribution >= 0.6 is 11.8 Å². The van der Waals surface area contributed by atoms with Crippen molar-refractivity contribution >= 4 is 11.8 Å². The van der Waals surface area contributed by atoms with Gasteiger partial charge in [-0.15, -0.1) is 11.8 Å². The molecule has 2 atom stereocenters. The second kappa shape index (κ2) is 2.74. The Morgan fingerprint density at radius 3 is 2.70 bits per heavy atom. The third kappa shape index (κ3) is 1.48. The van der Waals surface area contributed by atoms with E-state index in [9.17, 15) is 0 Å². The van der Waals surface area contributed by atoms with Crippen molar-refractivity contribution in [2.75, 3.05) is 6.54 Å². The van der Waals surface area contributed by atoms with Crippen molar-refractivity contribution in [3.8, 4) is 0 Å². The highest BCUT2D eigenvalue weighted by Gasteiger charge is 2.33. The first-order valence-corrected chi connectivity index (χ1v) is 5.19. The van der Waals surface area contributed by atoms with E-state index in [1.54, 1.807) is 0 Å². The summed E-state index contributed by atoms with van der Waals surface area (Å²) < 4.78 is 0. The van der Waals surface area contributed by atoms with Gasteiger partial charge in [-0.2, -0.15) is 0 Å². The van der Waals surface area contributed by atoms with E-state index < -0.39 is 0 Å². The Balaban J connectivity index is 1.84. The summed E-state index contributed by atoms with van der Waals surface area (Å²) in [4.78, 5) is 0. The fraction of sp³-hybridized carbons (Fsp3) is 1.00. The third-order valence-electron chi connectivity index (χ3n) is 2.33. The summed E-state index contributed by atoms with van der Waals surface area (Å²) in [6.45, 7) is 3.59. The molecular weight excluding hydrogens is 142 g/mol. The second-order valence-corrected chi connectivity index (χ2v) is 5.03. The molecule has 2 fully saturated rings. The van der Waals surface area contributed by atoms with E-state index in [1.807, 2.05) is 0 Å². The Morgan fingerprint density at radius 2 is 2.10 bits per heavy atom. The molecular formula is C8H15NS. The van der Waals surface area contributed by atoms with E-state index in [4.69, 9.17) is 0 Å². The lowest BCUT2D eigenvalue weighted by atomic mass is 10.3. The van der Waals surface area contributed by atoms with Crippen LogP contribution in [-0.2, 0) is 0 Å². The quantitative estimate of drug-likeness (QED) is 0.623. The zero-order valence-electron chi connectivity index (χ0n) is 6.47. The summed E-state index contributed by atoms with van der Waals surface area (Å²) in [5.74, 6) is 1.02. The molecule has 2 unspecified atom stereocenters. The molecule has 1 aliphatic carbocycles. The zero-order valence-corrected chi connectivity index (χ0v) is 7.29. The molecule has 1 aliphatic heterocycles. The van der Waals surface area contributed by atoms with Gasteiger partial charge in [0.1, 0.15) is 0 Å². The van der Waals surface area contributed by atoms with Gasteiger partial charge in [0.2, 0.25) is 0 Å². The lowest BCUT2D eigenvalue weighted by molar-refractivity contribution is 0.550. The van der Waals surface area contributed by atoms with Gasteiger partial charge in [0, 0.05) is 5.25 Å². The zero-order chi connectivity index (χ0) is 6.97.